The lowest BCUT2D eigenvalue weighted by Crippen LogP contribution is -2.14. The minimum absolute atomic E-state index is 0.291. The van der Waals surface area contributed by atoms with Gasteiger partial charge in [0.05, 0.1) is 6.61 Å². The molecule has 3 heteroatoms. The van der Waals surface area contributed by atoms with E-state index in [2.05, 4.69) is 18.3 Å². The first-order valence-corrected chi connectivity index (χ1v) is 6.90. The van der Waals surface area contributed by atoms with Gasteiger partial charge in [-0.05, 0) is 39.8 Å². The van der Waals surface area contributed by atoms with Crippen LogP contribution >= 0.6 is 0 Å². The van der Waals surface area contributed by atoms with Crippen molar-refractivity contribution in [2.24, 2.45) is 0 Å². The summed E-state index contributed by atoms with van der Waals surface area (Å²) in [7, 11) is 2.03. The molecular weight excluding hydrogens is 226 g/mol. The lowest BCUT2D eigenvalue weighted by Gasteiger charge is -2.17. The van der Waals surface area contributed by atoms with E-state index in [4.69, 9.17) is 9.47 Å². The van der Waals surface area contributed by atoms with E-state index < -0.39 is 0 Å². The van der Waals surface area contributed by atoms with E-state index in [-0.39, 0.29) is 0 Å². The van der Waals surface area contributed by atoms with Crippen molar-refractivity contribution in [3.8, 4) is 11.5 Å². The summed E-state index contributed by atoms with van der Waals surface area (Å²) in [5.74, 6) is 2.19. The van der Waals surface area contributed by atoms with Gasteiger partial charge < -0.3 is 14.8 Å². The van der Waals surface area contributed by atoms with E-state index in [1.54, 1.807) is 0 Å². The van der Waals surface area contributed by atoms with Crippen LogP contribution in [-0.2, 0) is 12.8 Å². The van der Waals surface area contributed by atoms with Crippen molar-refractivity contribution < 1.29 is 9.47 Å². The van der Waals surface area contributed by atoms with Crippen LogP contribution in [0.4, 0.5) is 0 Å². The van der Waals surface area contributed by atoms with Gasteiger partial charge in [0.25, 0.3) is 0 Å². The smallest absolute Gasteiger partial charge is 0.128 e. The fourth-order valence-corrected chi connectivity index (χ4v) is 3.23. The molecule has 1 N–H and O–H groups in total. The maximum absolute atomic E-state index is 6.02. The van der Waals surface area contributed by atoms with Gasteiger partial charge in [-0.3, -0.25) is 0 Å². The van der Waals surface area contributed by atoms with Crippen LogP contribution in [0.5, 0.6) is 11.5 Å². The molecule has 0 saturated carbocycles. The Hall–Kier alpha value is -1.22. The van der Waals surface area contributed by atoms with E-state index in [1.807, 2.05) is 14.0 Å². The van der Waals surface area contributed by atoms with Crippen molar-refractivity contribution >= 4 is 0 Å². The highest BCUT2D eigenvalue weighted by molar-refractivity contribution is 5.58. The standard InChI is InChI=1S/C15H21NO2/c1-4-17-13-8-10-7-9(2)18-15(10)14-11(13)5-6-12(14)16-3/h8-9,12,16H,4-7H2,1-3H3. The average molecular weight is 247 g/mol. The molecule has 1 aromatic carbocycles. The summed E-state index contributed by atoms with van der Waals surface area (Å²) >= 11 is 0. The van der Waals surface area contributed by atoms with Crippen molar-refractivity contribution in [3.63, 3.8) is 0 Å². The Bertz CT molecular complexity index is 470. The number of fused-ring (bicyclic) bond motifs is 3. The lowest BCUT2D eigenvalue weighted by molar-refractivity contribution is 0.251. The summed E-state index contributed by atoms with van der Waals surface area (Å²) in [5, 5.41) is 3.40. The maximum atomic E-state index is 6.02. The Labute approximate surface area is 108 Å². The molecule has 1 aliphatic carbocycles. The normalized spacial score (nSPS) is 24.6. The first-order chi connectivity index (χ1) is 8.74. The molecule has 1 aliphatic heterocycles. The van der Waals surface area contributed by atoms with Gasteiger partial charge in [0.15, 0.2) is 0 Å². The molecule has 0 aromatic heterocycles. The number of ether oxygens (including phenoxy) is 2. The van der Waals surface area contributed by atoms with Gasteiger partial charge in [-0.15, -0.1) is 0 Å². The van der Waals surface area contributed by atoms with Gasteiger partial charge in [0.2, 0.25) is 0 Å². The maximum Gasteiger partial charge on any atom is 0.128 e. The number of nitrogens with one attached hydrogen (secondary N) is 1. The number of hydrogen-bond acceptors (Lipinski definition) is 3. The SMILES string of the molecule is CCOc1cc2c(c3c1CCC3NC)OC(C)C2. The van der Waals surface area contributed by atoms with Crippen LogP contribution in [0, 0.1) is 0 Å². The Morgan fingerprint density at radius 3 is 3.06 bits per heavy atom. The van der Waals surface area contributed by atoms with Crippen LogP contribution in [-0.4, -0.2) is 19.8 Å². The fraction of sp³-hybridized carbons (Fsp3) is 0.600. The second-order valence-corrected chi connectivity index (χ2v) is 5.20. The molecule has 1 heterocycles. The molecule has 0 spiro atoms. The van der Waals surface area contributed by atoms with Crippen LogP contribution in [0.25, 0.3) is 0 Å². The molecule has 3 rings (SSSR count). The van der Waals surface area contributed by atoms with Crippen LogP contribution in [0.15, 0.2) is 6.07 Å². The fourth-order valence-electron chi connectivity index (χ4n) is 3.23. The summed E-state index contributed by atoms with van der Waals surface area (Å²) in [6.45, 7) is 4.91. The first-order valence-electron chi connectivity index (χ1n) is 6.90. The molecule has 0 radical (unpaired) electrons. The second-order valence-electron chi connectivity index (χ2n) is 5.20. The molecule has 1 aromatic rings. The van der Waals surface area contributed by atoms with Crippen molar-refractivity contribution in [3.05, 3.63) is 22.8 Å². The predicted octanol–water partition coefficient (Wildman–Crippen LogP) is 2.62. The van der Waals surface area contributed by atoms with Gasteiger partial charge in [-0.2, -0.15) is 0 Å². The third-order valence-electron chi connectivity index (χ3n) is 3.97. The Morgan fingerprint density at radius 2 is 2.33 bits per heavy atom. The topological polar surface area (TPSA) is 30.5 Å². The zero-order valence-electron chi connectivity index (χ0n) is 11.4. The van der Waals surface area contributed by atoms with Gasteiger partial charge >= 0.3 is 0 Å². The van der Waals surface area contributed by atoms with Crippen LogP contribution in [0.3, 0.4) is 0 Å². The van der Waals surface area contributed by atoms with Gasteiger partial charge in [-0.1, -0.05) is 0 Å². The highest BCUT2D eigenvalue weighted by Gasteiger charge is 2.34. The molecular formula is C15H21NO2. The van der Waals surface area contributed by atoms with E-state index in [0.717, 1.165) is 37.4 Å². The summed E-state index contributed by atoms with van der Waals surface area (Å²) in [6, 6.07) is 2.61. The lowest BCUT2D eigenvalue weighted by atomic mass is 10.00. The van der Waals surface area contributed by atoms with Crippen molar-refractivity contribution in [2.75, 3.05) is 13.7 Å². The van der Waals surface area contributed by atoms with Crippen LogP contribution in [0.1, 0.15) is 43.0 Å². The number of hydrogen-bond donors (Lipinski definition) is 1. The summed E-state index contributed by atoms with van der Waals surface area (Å²) < 4.78 is 11.8. The molecule has 2 unspecified atom stereocenters. The van der Waals surface area contributed by atoms with Crippen LogP contribution in [0.2, 0.25) is 0 Å². The van der Waals surface area contributed by atoms with E-state index >= 15 is 0 Å². The molecule has 98 valence electrons. The summed E-state index contributed by atoms with van der Waals surface area (Å²) in [5.41, 5.74) is 4.01. The van der Waals surface area contributed by atoms with E-state index in [1.165, 1.54) is 16.7 Å². The zero-order chi connectivity index (χ0) is 12.7. The summed E-state index contributed by atoms with van der Waals surface area (Å²) in [6.07, 6.45) is 3.51. The molecule has 0 bridgehead atoms. The number of rotatable bonds is 3. The minimum atomic E-state index is 0.291. The molecule has 3 nitrogen and oxygen atoms in total. The second kappa shape index (κ2) is 4.47. The molecule has 0 amide bonds. The summed E-state index contributed by atoms with van der Waals surface area (Å²) in [4.78, 5) is 0. The van der Waals surface area contributed by atoms with Gasteiger partial charge in [-0.25, -0.2) is 0 Å². The van der Waals surface area contributed by atoms with Gasteiger partial charge in [0.1, 0.15) is 17.6 Å². The van der Waals surface area contributed by atoms with Gasteiger partial charge in [0, 0.05) is 29.2 Å². The highest BCUT2D eigenvalue weighted by Crippen LogP contribution is 2.47. The third kappa shape index (κ3) is 1.69. The quantitative estimate of drug-likeness (QED) is 0.890. The Balaban J connectivity index is 2.13. The van der Waals surface area contributed by atoms with Crippen molar-refractivity contribution in [1.29, 1.82) is 0 Å². The monoisotopic (exact) mass is 247 g/mol. The number of benzene rings is 1. The highest BCUT2D eigenvalue weighted by atomic mass is 16.5. The van der Waals surface area contributed by atoms with Crippen molar-refractivity contribution in [1.82, 2.24) is 5.32 Å². The minimum Gasteiger partial charge on any atom is -0.494 e. The molecule has 18 heavy (non-hydrogen) atoms. The largest absolute Gasteiger partial charge is 0.494 e. The van der Waals surface area contributed by atoms with E-state index in [0.29, 0.717) is 12.1 Å². The first kappa shape index (κ1) is 11.8. The third-order valence-corrected chi connectivity index (χ3v) is 3.97. The van der Waals surface area contributed by atoms with Crippen LogP contribution < -0.4 is 14.8 Å². The Kier molecular flexibility index (Phi) is 2.94. The average Bonchev–Trinajstić information content (AvgIpc) is 2.91. The zero-order valence-corrected chi connectivity index (χ0v) is 11.4. The molecule has 2 atom stereocenters. The predicted molar refractivity (Wildman–Crippen MR) is 71.5 cm³/mol. The Morgan fingerprint density at radius 1 is 1.50 bits per heavy atom. The molecule has 0 saturated heterocycles. The molecule has 0 fully saturated rings. The molecule has 2 aliphatic rings. The van der Waals surface area contributed by atoms with E-state index in [9.17, 15) is 0 Å². The van der Waals surface area contributed by atoms with Crippen molar-refractivity contribution in [2.45, 2.75) is 45.3 Å².